The fourth-order valence-corrected chi connectivity index (χ4v) is 2.59. The summed E-state index contributed by atoms with van der Waals surface area (Å²) in [5.74, 6) is 1.64. The highest BCUT2D eigenvalue weighted by molar-refractivity contribution is 5.56. The zero-order chi connectivity index (χ0) is 13.9. The van der Waals surface area contributed by atoms with Crippen molar-refractivity contribution in [2.24, 2.45) is 5.73 Å². The molecular formula is C16H19N3O. The molecule has 1 aliphatic rings. The van der Waals surface area contributed by atoms with E-state index < -0.39 is 0 Å². The van der Waals surface area contributed by atoms with Crippen molar-refractivity contribution >= 4 is 0 Å². The molecule has 1 aromatic heterocycles. The molecular weight excluding hydrogens is 250 g/mol. The van der Waals surface area contributed by atoms with E-state index in [0.29, 0.717) is 6.61 Å². The van der Waals surface area contributed by atoms with E-state index in [1.807, 2.05) is 37.4 Å². The van der Waals surface area contributed by atoms with Gasteiger partial charge in [-0.25, -0.2) is 9.97 Å². The molecule has 3 rings (SSSR count). The third-order valence-corrected chi connectivity index (χ3v) is 3.65. The quantitative estimate of drug-likeness (QED) is 0.930. The van der Waals surface area contributed by atoms with Crippen molar-refractivity contribution in [1.29, 1.82) is 0 Å². The molecule has 1 unspecified atom stereocenters. The number of hydrogen-bond donors (Lipinski definition) is 1. The van der Waals surface area contributed by atoms with Gasteiger partial charge >= 0.3 is 0 Å². The van der Waals surface area contributed by atoms with Crippen molar-refractivity contribution < 1.29 is 4.74 Å². The number of nitrogens with two attached hydrogens (primary N) is 1. The fraction of sp³-hybridized carbons (Fsp3) is 0.375. The van der Waals surface area contributed by atoms with Gasteiger partial charge in [-0.15, -0.1) is 0 Å². The first-order valence-electron chi connectivity index (χ1n) is 7.12. The van der Waals surface area contributed by atoms with Gasteiger partial charge in [-0.05, 0) is 50.5 Å². The van der Waals surface area contributed by atoms with E-state index in [9.17, 15) is 0 Å². The highest BCUT2D eigenvalue weighted by Crippen LogP contribution is 2.28. The Morgan fingerprint density at radius 1 is 1.30 bits per heavy atom. The maximum atomic E-state index is 6.09. The lowest BCUT2D eigenvalue weighted by Crippen LogP contribution is -2.19. The van der Waals surface area contributed by atoms with E-state index in [0.717, 1.165) is 47.7 Å². The molecule has 4 nitrogen and oxygen atoms in total. The highest BCUT2D eigenvalue weighted by atomic mass is 16.5. The first-order valence-corrected chi connectivity index (χ1v) is 7.12. The van der Waals surface area contributed by atoms with Crippen LogP contribution in [0.3, 0.4) is 0 Å². The molecule has 0 amide bonds. The SMILES string of the molecule is CCOc1ccc(-c2ncc3c(n2)CCCC3N)cc1. The molecule has 2 aromatic rings. The van der Waals surface area contributed by atoms with E-state index in [1.165, 1.54) is 0 Å². The monoisotopic (exact) mass is 269 g/mol. The zero-order valence-electron chi connectivity index (χ0n) is 11.7. The number of ether oxygens (including phenoxy) is 1. The van der Waals surface area contributed by atoms with Crippen LogP contribution in [0.1, 0.15) is 37.1 Å². The van der Waals surface area contributed by atoms with E-state index in [4.69, 9.17) is 10.5 Å². The summed E-state index contributed by atoms with van der Waals surface area (Å²) in [5, 5.41) is 0. The first-order chi connectivity index (χ1) is 9.78. The molecule has 0 radical (unpaired) electrons. The average molecular weight is 269 g/mol. The molecule has 2 N–H and O–H groups in total. The van der Waals surface area contributed by atoms with Gasteiger partial charge in [-0.2, -0.15) is 0 Å². The fourth-order valence-electron chi connectivity index (χ4n) is 2.59. The predicted molar refractivity (Wildman–Crippen MR) is 78.5 cm³/mol. The number of rotatable bonds is 3. The Morgan fingerprint density at radius 2 is 2.10 bits per heavy atom. The normalized spacial score (nSPS) is 17.6. The summed E-state index contributed by atoms with van der Waals surface area (Å²) in [7, 11) is 0. The molecule has 1 aromatic carbocycles. The van der Waals surface area contributed by atoms with Crippen LogP contribution in [0.2, 0.25) is 0 Å². The van der Waals surface area contributed by atoms with Gasteiger partial charge in [0.2, 0.25) is 0 Å². The van der Waals surface area contributed by atoms with Gasteiger partial charge in [0.1, 0.15) is 5.75 Å². The Morgan fingerprint density at radius 3 is 2.85 bits per heavy atom. The second-order valence-corrected chi connectivity index (χ2v) is 5.05. The van der Waals surface area contributed by atoms with Crippen LogP contribution in [-0.4, -0.2) is 16.6 Å². The lowest BCUT2D eigenvalue weighted by atomic mass is 9.93. The molecule has 0 spiro atoms. The molecule has 0 bridgehead atoms. The minimum absolute atomic E-state index is 0.0909. The van der Waals surface area contributed by atoms with Gasteiger partial charge < -0.3 is 10.5 Å². The van der Waals surface area contributed by atoms with E-state index in [-0.39, 0.29) is 6.04 Å². The molecule has 1 atom stereocenters. The van der Waals surface area contributed by atoms with Gasteiger partial charge in [0, 0.05) is 29.1 Å². The Labute approximate surface area is 119 Å². The lowest BCUT2D eigenvalue weighted by molar-refractivity contribution is 0.340. The summed E-state index contributed by atoms with van der Waals surface area (Å²) in [6.45, 7) is 2.65. The molecule has 1 aliphatic carbocycles. The molecule has 104 valence electrons. The van der Waals surface area contributed by atoms with Crippen LogP contribution in [0.4, 0.5) is 0 Å². The predicted octanol–water partition coefficient (Wildman–Crippen LogP) is 2.88. The summed E-state index contributed by atoms with van der Waals surface area (Å²) in [4.78, 5) is 9.13. The Bertz CT molecular complexity index is 595. The number of aryl methyl sites for hydroxylation is 1. The van der Waals surface area contributed by atoms with Crippen LogP contribution in [0.25, 0.3) is 11.4 Å². The molecule has 0 aliphatic heterocycles. The highest BCUT2D eigenvalue weighted by Gasteiger charge is 2.19. The van der Waals surface area contributed by atoms with Gasteiger partial charge in [-0.3, -0.25) is 0 Å². The Balaban J connectivity index is 1.90. The number of aromatic nitrogens is 2. The minimum atomic E-state index is 0.0909. The third-order valence-electron chi connectivity index (χ3n) is 3.65. The molecule has 1 heterocycles. The number of benzene rings is 1. The summed E-state index contributed by atoms with van der Waals surface area (Å²) in [5.41, 5.74) is 9.30. The summed E-state index contributed by atoms with van der Waals surface area (Å²) < 4.78 is 5.44. The van der Waals surface area contributed by atoms with Crippen molar-refractivity contribution in [2.75, 3.05) is 6.61 Å². The number of hydrogen-bond acceptors (Lipinski definition) is 4. The van der Waals surface area contributed by atoms with Crippen LogP contribution in [0.15, 0.2) is 30.5 Å². The lowest BCUT2D eigenvalue weighted by Gasteiger charge is -2.21. The topological polar surface area (TPSA) is 61.0 Å². The Kier molecular flexibility index (Phi) is 3.65. The molecule has 20 heavy (non-hydrogen) atoms. The Hall–Kier alpha value is -1.94. The van der Waals surface area contributed by atoms with Crippen LogP contribution < -0.4 is 10.5 Å². The third kappa shape index (κ3) is 2.51. The van der Waals surface area contributed by atoms with Gasteiger partial charge in [0.25, 0.3) is 0 Å². The maximum Gasteiger partial charge on any atom is 0.159 e. The molecule has 0 saturated heterocycles. The van der Waals surface area contributed by atoms with Gasteiger partial charge in [0.05, 0.1) is 6.61 Å². The standard InChI is InChI=1S/C16H19N3O/c1-2-20-12-8-6-11(7-9-12)16-18-10-13-14(17)4-3-5-15(13)19-16/h6-10,14H,2-5,17H2,1H3. The van der Waals surface area contributed by atoms with Crippen molar-refractivity contribution in [1.82, 2.24) is 9.97 Å². The second kappa shape index (κ2) is 5.59. The zero-order valence-corrected chi connectivity index (χ0v) is 11.7. The molecule has 0 fully saturated rings. The van der Waals surface area contributed by atoms with Crippen LogP contribution in [0.5, 0.6) is 5.75 Å². The number of nitrogens with zero attached hydrogens (tertiary/aromatic N) is 2. The smallest absolute Gasteiger partial charge is 0.159 e. The minimum Gasteiger partial charge on any atom is -0.494 e. The van der Waals surface area contributed by atoms with Crippen LogP contribution >= 0.6 is 0 Å². The molecule has 0 saturated carbocycles. The van der Waals surface area contributed by atoms with E-state index in [1.54, 1.807) is 0 Å². The van der Waals surface area contributed by atoms with Crippen LogP contribution in [-0.2, 0) is 6.42 Å². The molecule has 4 heteroatoms. The number of fused-ring (bicyclic) bond motifs is 1. The van der Waals surface area contributed by atoms with Crippen LogP contribution in [0, 0.1) is 0 Å². The average Bonchev–Trinajstić information content (AvgIpc) is 2.48. The van der Waals surface area contributed by atoms with Crippen molar-refractivity contribution in [3.8, 4) is 17.1 Å². The van der Waals surface area contributed by atoms with Gasteiger partial charge in [-0.1, -0.05) is 0 Å². The van der Waals surface area contributed by atoms with Crippen molar-refractivity contribution in [3.63, 3.8) is 0 Å². The second-order valence-electron chi connectivity index (χ2n) is 5.05. The summed E-state index contributed by atoms with van der Waals surface area (Å²) in [6.07, 6.45) is 5.01. The van der Waals surface area contributed by atoms with Crippen molar-refractivity contribution in [2.45, 2.75) is 32.2 Å². The van der Waals surface area contributed by atoms with Gasteiger partial charge in [0.15, 0.2) is 5.82 Å². The summed E-state index contributed by atoms with van der Waals surface area (Å²) >= 11 is 0. The summed E-state index contributed by atoms with van der Waals surface area (Å²) in [6, 6.07) is 7.99. The maximum absolute atomic E-state index is 6.09. The van der Waals surface area contributed by atoms with E-state index >= 15 is 0 Å². The largest absolute Gasteiger partial charge is 0.494 e. The first kappa shape index (κ1) is 13.1. The van der Waals surface area contributed by atoms with E-state index in [2.05, 4.69) is 9.97 Å². The van der Waals surface area contributed by atoms with Crippen molar-refractivity contribution in [3.05, 3.63) is 41.7 Å².